The van der Waals surface area contributed by atoms with E-state index in [-0.39, 0.29) is 15.8 Å². The Kier molecular flexibility index (Phi) is 4.51. The molecule has 3 rings (SSSR count). The fourth-order valence-corrected chi connectivity index (χ4v) is 4.40. The maximum atomic E-state index is 12.7. The third kappa shape index (κ3) is 3.25. The lowest BCUT2D eigenvalue weighted by Gasteiger charge is -2.20. The van der Waals surface area contributed by atoms with Gasteiger partial charge in [-0.1, -0.05) is 29.8 Å². The molecule has 126 valence electrons. The van der Waals surface area contributed by atoms with Crippen LogP contribution >= 0.6 is 11.6 Å². The van der Waals surface area contributed by atoms with Crippen molar-refractivity contribution < 1.29 is 13.2 Å². The number of para-hydroxylation sites is 2. The van der Waals surface area contributed by atoms with Gasteiger partial charge in [-0.05, 0) is 43.2 Å². The first-order chi connectivity index (χ1) is 11.4. The Morgan fingerprint density at radius 2 is 1.92 bits per heavy atom. The molecule has 0 bridgehead atoms. The smallest absolute Gasteiger partial charge is 0.263 e. The molecule has 24 heavy (non-hydrogen) atoms. The Balaban J connectivity index is 1.97. The monoisotopic (exact) mass is 364 g/mol. The molecule has 1 aliphatic rings. The molecular formula is C17H17ClN2O3S. The fraction of sp³-hybridized carbons (Fsp3) is 0.235. The van der Waals surface area contributed by atoms with Crippen LogP contribution in [0.1, 0.15) is 18.4 Å². The van der Waals surface area contributed by atoms with Crippen LogP contribution in [0.2, 0.25) is 5.02 Å². The molecule has 0 aromatic heterocycles. The zero-order chi connectivity index (χ0) is 17.3. The molecule has 1 heterocycles. The Bertz CT molecular complexity index is 896. The first-order valence-corrected chi connectivity index (χ1v) is 9.43. The maximum Gasteiger partial charge on any atom is 0.263 e. The van der Waals surface area contributed by atoms with Gasteiger partial charge in [-0.25, -0.2) is 8.42 Å². The third-order valence-electron chi connectivity index (χ3n) is 3.89. The van der Waals surface area contributed by atoms with E-state index in [0.29, 0.717) is 24.3 Å². The van der Waals surface area contributed by atoms with Gasteiger partial charge in [0.2, 0.25) is 5.91 Å². The van der Waals surface area contributed by atoms with Crippen molar-refractivity contribution in [3.63, 3.8) is 0 Å². The molecule has 1 N–H and O–H groups in total. The molecule has 2 aromatic carbocycles. The van der Waals surface area contributed by atoms with Crippen LogP contribution in [0.3, 0.4) is 0 Å². The van der Waals surface area contributed by atoms with E-state index in [4.69, 9.17) is 11.6 Å². The second-order valence-electron chi connectivity index (χ2n) is 5.71. The average molecular weight is 365 g/mol. The van der Waals surface area contributed by atoms with Crippen molar-refractivity contribution in [1.82, 2.24) is 0 Å². The van der Waals surface area contributed by atoms with E-state index >= 15 is 0 Å². The summed E-state index contributed by atoms with van der Waals surface area (Å²) in [6.45, 7) is 2.42. The molecule has 0 saturated carbocycles. The highest BCUT2D eigenvalue weighted by Crippen LogP contribution is 2.32. The van der Waals surface area contributed by atoms with E-state index in [1.54, 1.807) is 41.3 Å². The highest BCUT2D eigenvalue weighted by molar-refractivity contribution is 7.92. The van der Waals surface area contributed by atoms with Crippen molar-refractivity contribution >= 4 is 38.9 Å². The van der Waals surface area contributed by atoms with E-state index < -0.39 is 10.0 Å². The molecule has 1 aliphatic heterocycles. The number of carbonyl (C=O) groups excluding carboxylic acids is 1. The quantitative estimate of drug-likeness (QED) is 0.901. The second kappa shape index (κ2) is 6.45. The van der Waals surface area contributed by atoms with Crippen molar-refractivity contribution in [2.75, 3.05) is 16.2 Å². The van der Waals surface area contributed by atoms with Gasteiger partial charge in [-0.2, -0.15) is 0 Å². The lowest BCUT2D eigenvalue weighted by atomic mass is 10.2. The lowest BCUT2D eigenvalue weighted by Crippen LogP contribution is -2.25. The average Bonchev–Trinajstić information content (AvgIpc) is 2.93. The summed E-state index contributed by atoms with van der Waals surface area (Å²) in [6, 6.07) is 11.6. The summed E-state index contributed by atoms with van der Waals surface area (Å²) >= 11 is 6.09. The van der Waals surface area contributed by atoms with Crippen molar-refractivity contribution in [3.05, 3.63) is 53.1 Å². The van der Waals surface area contributed by atoms with Gasteiger partial charge in [0.1, 0.15) is 4.90 Å². The molecule has 0 unspecified atom stereocenters. The zero-order valence-corrected chi connectivity index (χ0v) is 14.7. The van der Waals surface area contributed by atoms with Crippen molar-refractivity contribution in [2.24, 2.45) is 0 Å². The number of carbonyl (C=O) groups is 1. The Morgan fingerprint density at radius 3 is 2.58 bits per heavy atom. The molecule has 1 amide bonds. The van der Waals surface area contributed by atoms with Crippen LogP contribution in [0.4, 0.5) is 11.4 Å². The van der Waals surface area contributed by atoms with Crippen molar-refractivity contribution in [1.29, 1.82) is 0 Å². The highest BCUT2D eigenvalue weighted by Gasteiger charge is 2.26. The van der Waals surface area contributed by atoms with Crippen LogP contribution in [-0.4, -0.2) is 20.9 Å². The summed E-state index contributed by atoms with van der Waals surface area (Å²) < 4.78 is 27.9. The summed E-state index contributed by atoms with van der Waals surface area (Å²) in [5.41, 5.74) is 1.80. The largest absolute Gasteiger partial charge is 0.310 e. The van der Waals surface area contributed by atoms with E-state index in [1.807, 2.05) is 6.92 Å². The number of hydrogen-bond acceptors (Lipinski definition) is 3. The van der Waals surface area contributed by atoms with Crippen LogP contribution < -0.4 is 9.62 Å². The molecule has 1 fully saturated rings. The first-order valence-electron chi connectivity index (χ1n) is 7.57. The highest BCUT2D eigenvalue weighted by atomic mass is 35.5. The van der Waals surface area contributed by atoms with Gasteiger partial charge >= 0.3 is 0 Å². The number of aryl methyl sites for hydroxylation is 1. The number of nitrogens with zero attached hydrogens (tertiary/aromatic N) is 1. The maximum absolute atomic E-state index is 12.7. The number of rotatable bonds is 4. The zero-order valence-electron chi connectivity index (χ0n) is 13.1. The second-order valence-corrected chi connectivity index (χ2v) is 7.76. The minimum absolute atomic E-state index is 0.00461. The number of hydrogen-bond donors (Lipinski definition) is 1. The topological polar surface area (TPSA) is 66.5 Å². The Morgan fingerprint density at radius 1 is 1.17 bits per heavy atom. The fourth-order valence-electron chi connectivity index (χ4n) is 2.72. The standard InChI is InChI=1S/C17H17ClN2O3S/c1-12-8-9-16(13(18)11-12)24(22,23)19-14-5-2-3-6-15(14)20-10-4-7-17(20)21/h2-3,5-6,8-9,11,19H,4,7,10H2,1H3. The molecule has 0 aliphatic carbocycles. The minimum Gasteiger partial charge on any atom is -0.310 e. The molecule has 2 aromatic rings. The number of anilines is 2. The number of halogens is 1. The summed E-state index contributed by atoms with van der Waals surface area (Å²) in [5, 5.41) is 0.164. The molecule has 5 nitrogen and oxygen atoms in total. The Hall–Kier alpha value is -2.05. The Labute approximate surface area is 146 Å². The third-order valence-corrected chi connectivity index (χ3v) is 5.74. The molecule has 0 atom stereocenters. The van der Waals surface area contributed by atoms with Gasteiger partial charge in [-0.15, -0.1) is 0 Å². The van der Waals surface area contributed by atoms with Gasteiger partial charge in [0, 0.05) is 13.0 Å². The van der Waals surface area contributed by atoms with Crippen LogP contribution in [0.5, 0.6) is 0 Å². The predicted molar refractivity (Wildman–Crippen MR) is 95.0 cm³/mol. The van der Waals surface area contributed by atoms with E-state index in [9.17, 15) is 13.2 Å². The van der Waals surface area contributed by atoms with Crippen LogP contribution in [0, 0.1) is 6.92 Å². The lowest BCUT2D eigenvalue weighted by molar-refractivity contribution is -0.117. The molecule has 0 spiro atoms. The van der Waals surface area contributed by atoms with E-state index in [2.05, 4.69) is 4.72 Å². The van der Waals surface area contributed by atoms with Gasteiger partial charge in [0.25, 0.3) is 10.0 Å². The first kappa shape index (κ1) is 16.8. The minimum atomic E-state index is -3.85. The van der Waals surface area contributed by atoms with E-state index in [0.717, 1.165) is 12.0 Å². The van der Waals surface area contributed by atoms with Crippen LogP contribution in [0.25, 0.3) is 0 Å². The molecule has 7 heteroatoms. The number of amides is 1. The van der Waals surface area contributed by atoms with E-state index in [1.165, 1.54) is 6.07 Å². The van der Waals surface area contributed by atoms with Gasteiger partial charge in [-0.3, -0.25) is 9.52 Å². The molecular weight excluding hydrogens is 348 g/mol. The van der Waals surface area contributed by atoms with Crippen molar-refractivity contribution in [2.45, 2.75) is 24.7 Å². The summed E-state index contributed by atoms with van der Waals surface area (Å²) in [4.78, 5) is 13.6. The number of nitrogens with one attached hydrogen (secondary N) is 1. The summed E-state index contributed by atoms with van der Waals surface area (Å²) in [5.74, 6) is -0.00461. The van der Waals surface area contributed by atoms with Gasteiger partial charge < -0.3 is 4.90 Å². The summed E-state index contributed by atoms with van der Waals surface area (Å²) in [6.07, 6.45) is 1.24. The predicted octanol–water partition coefficient (Wildman–Crippen LogP) is 3.58. The molecule has 1 saturated heterocycles. The molecule has 0 radical (unpaired) electrons. The van der Waals surface area contributed by atoms with Gasteiger partial charge in [0.15, 0.2) is 0 Å². The van der Waals surface area contributed by atoms with Crippen LogP contribution in [0.15, 0.2) is 47.4 Å². The van der Waals surface area contributed by atoms with Gasteiger partial charge in [0.05, 0.1) is 16.4 Å². The van der Waals surface area contributed by atoms with Crippen LogP contribution in [-0.2, 0) is 14.8 Å². The normalized spacial score (nSPS) is 14.9. The SMILES string of the molecule is Cc1ccc(S(=O)(=O)Nc2ccccc2N2CCCC2=O)c(Cl)c1. The van der Waals surface area contributed by atoms with Crippen molar-refractivity contribution in [3.8, 4) is 0 Å². The number of sulfonamides is 1. The summed E-state index contributed by atoms with van der Waals surface area (Å²) in [7, 11) is -3.85. The number of benzene rings is 2.